The molecule has 2 atom stereocenters. The maximum atomic E-state index is 3.75. The number of rotatable bonds is 3. The largest absolute Gasteiger partial charge is 0.312 e. The van der Waals surface area contributed by atoms with Crippen molar-refractivity contribution in [2.45, 2.75) is 39.2 Å². The Morgan fingerprint density at radius 1 is 1.16 bits per heavy atom. The molecule has 2 nitrogen and oxygen atoms in total. The van der Waals surface area contributed by atoms with Gasteiger partial charge in [0, 0.05) is 25.7 Å². The fraction of sp³-hybridized carbons (Fsp3) is 0.647. The third-order valence-electron chi connectivity index (χ3n) is 3.83. The first kappa shape index (κ1) is 14.5. The van der Waals surface area contributed by atoms with Crippen LogP contribution < -0.4 is 5.32 Å². The van der Waals surface area contributed by atoms with Crippen molar-refractivity contribution in [2.75, 3.05) is 26.7 Å². The maximum absolute atomic E-state index is 3.75. The summed E-state index contributed by atoms with van der Waals surface area (Å²) in [6.07, 6.45) is 1.25. The molecule has 1 heterocycles. The number of likely N-dealkylation sites (N-methyl/N-ethyl adjacent to an activating group) is 1. The van der Waals surface area contributed by atoms with Gasteiger partial charge in [-0.3, -0.25) is 0 Å². The van der Waals surface area contributed by atoms with Crippen molar-refractivity contribution in [3.05, 3.63) is 35.9 Å². The summed E-state index contributed by atoms with van der Waals surface area (Å²) >= 11 is 0. The van der Waals surface area contributed by atoms with E-state index in [4.69, 9.17) is 0 Å². The number of nitrogens with one attached hydrogen (secondary N) is 1. The topological polar surface area (TPSA) is 15.3 Å². The highest BCUT2D eigenvalue weighted by atomic mass is 15.1. The van der Waals surface area contributed by atoms with Crippen molar-refractivity contribution in [1.82, 2.24) is 10.2 Å². The van der Waals surface area contributed by atoms with Gasteiger partial charge in [0.05, 0.1) is 0 Å². The first-order chi connectivity index (χ1) is 8.94. The number of likely N-dealkylation sites (tertiary alicyclic amines) is 1. The van der Waals surface area contributed by atoms with Crippen LogP contribution in [0.2, 0.25) is 0 Å². The summed E-state index contributed by atoms with van der Waals surface area (Å²) in [6, 6.07) is 11.6. The lowest BCUT2D eigenvalue weighted by Gasteiger charge is -2.37. The molecule has 0 spiro atoms. The minimum absolute atomic E-state index is 0.359. The molecule has 0 amide bonds. The zero-order valence-corrected chi connectivity index (χ0v) is 12.8. The number of hydrogen-bond acceptors (Lipinski definition) is 2. The van der Waals surface area contributed by atoms with Gasteiger partial charge >= 0.3 is 0 Å². The first-order valence-electron chi connectivity index (χ1n) is 7.41. The molecular weight excluding hydrogens is 232 g/mol. The Morgan fingerprint density at radius 2 is 1.84 bits per heavy atom. The van der Waals surface area contributed by atoms with Crippen LogP contribution >= 0.6 is 0 Å². The predicted octanol–water partition coefficient (Wildman–Crippen LogP) is 3.11. The molecule has 2 rings (SSSR count). The van der Waals surface area contributed by atoms with Crippen LogP contribution in [0.5, 0.6) is 0 Å². The smallest absolute Gasteiger partial charge is 0.0201 e. The average Bonchev–Trinajstić information content (AvgIpc) is 2.36. The summed E-state index contributed by atoms with van der Waals surface area (Å²) < 4.78 is 0. The van der Waals surface area contributed by atoms with E-state index in [2.05, 4.69) is 68.4 Å². The monoisotopic (exact) mass is 260 g/mol. The van der Waals surface area contributed by atoms with Crippen molar-refractivity contribution in [3.8, 4) is 0 Å². The van der Waals surface area contributed by atoms with E-state index in [-0.39, 0.29) is 0 Å². The highest BCUT2D eigenvalue weighted by Gasteiger charge is 2.26. The van der Waals surface area contributed by atoms with Crippen LogP contribution in [0, 0.1) is 5.41 Å². The third kappa shape index (κ3) is 4.63. The van der Waals surface area contributed by atoms with Crippen LogP contribution in [0.3, 0.4) is 0 Å². The molecule has 1 N–H and O–H groups in total. The minimum Gasteiger partial charge on any atom is -0.312 e. The molecule has 0 aliphatic carbocycles. The standard InChI is InChI=1S/C17H28N2/c1-17(2,3)13-18-16-10-15(11-19(4)12-16)14-8-6-5-7-9-14/h5-9,15-16,18H,10-13H2,1-4H3. The first-order valence-corrected chi connectivity index (χ1v) is 7.41. The molecule has 0 radical (unpaired) electrons. The summed E-state index contributed by atoms with van der Waals surface area (Å²) in [5, 5.41) is 3.75. The number of piperidine rings is 1. The van der Waals surface area contributed by atoms with Crippen molar-refractivity contribution in [3.63, 3.8) is 0 Å². The van der Waals surface area contributed by atoms with Gasteiger partial charge < -0.3 is 10.2 Å². The van der Waals surface area contributed by atoms with Gasteiger partial charge in [0.1, 0.15) is 0 Å². The van der Waals surface area contributed by atoms with E-state index in [0.29, 0.717) is 17.4 Å². The Morgan fingerprint density at radius 3 is 2.47 bits per heavy atom. The molecule has 1 aliphatic rings. The Labute approximate surface area is 118 Å². The molecule has 1 aromatic rings. The molecular formula is C17H28N2. The second-order valence-electron chi connectivity index (χ2n) is 7.20. The van der Waals surface area contributed by atoms with Crippen LogP contribution in [0.15, 0.2) is 30.3 Å². The summed E-state index contributed by atoms with van der Waals surface area (Å²) in [6.45, 7) is 10.3. The zero-order chi connectivity index (χ0) is 13.9. The van der Waals surface area contributed by atoms with Crippen LogP contribution in [-0.2, 0) is 0 Å². The van der Waals surface area contributed by atoms with Gasteiger partial charge in [0.15, 0.2) is 0 Å². The minimum atomic E-state index is 0.359. The van der Waals surface area contributed by atoms with E-state index >= 15 is 0 Å². The van der Waals surface area contributed by atoms with E-state index in [1.54, 1.807) is 0 Å². The molecule has 1 aromatic carbocycles. The van der Waals surface area contributed by atoms with Crippen molar-refractivity contribution >= 4 is 0 Å². The van der Waals surface area contributed by atoms with E-state index in [1.807, 2.05) is 0 Å². The average molecular weight is 260 g/mol. The molecule has 0 saturated carbocycles. The molecule has 19 heavy (non-hydrogen) atoms. The molecule has 1 fully saturated rings. The fourth-order valence-electron chi connectivity index (χ4n) is 2.88. The van der Waals surface area contributed by atoms with Gasteiger partial charge in [-0.25, -0.2) is 0 Å². The number of hydrogen-bond donors (Lipinski definition) is 1. The van der Waals surface area contributed by atoms with Gasteiger partial charge in [-0.15, -0.1) is 0 Å². The summed E-state index contributed by atoms with van der Waals surface area (Å²) in [5.74, 6) is 0.664. The lowest BCUT2D eigenvalue weighted by Crippen LogP contribution is -2.48. The molecule has 2 heteroatoms. The normalized spacial score (nSPS) is 25.5. The van der Waals surface area contributed by atoms with Crippen LogP contribution in [0.1, 0.15) is 38.7 Å². The molecule has 0 aromatic heterocycles. The Bertz CT molecular complexity index is 380. The Balaban J connectivity index is 1.96. The highest BCUT2D eigenvalue weighted by Crippen LogP contribution is 2.26. The lowest BCUT2D eigenvalue weighted by molar-refractivity contribution is 0.193. The molecule has 0 bridgehead atoms. The number of benzene rings is 1. The highest BCUT2D eigenvalue weighted by molar-refractivity contribution is 5.21. The van der Waals surface area contributed by atoms with E-state index < -0.39 is 0 Å². The van der Waals surface area contributed by atoms with Gasteiger partial charge in [-0.2, -0.15) is 0 Å². The molecule has 1 saturated heterocycles. The fourth-order valence-corrected chi connectivity index (χ4v) is 2.88. The predicted molar refractivity (Wildman–Crippen MR) is 82.5 cm³/mol. The second kappa shape index (κ2) is 6.06. The lowest BCUT2D eigenvalue weighted by atomic mass is 9.87. The quantitative estimate of drug-likeness (QED) is 0.898. The summed E-state index contributed by atoms with van der Waals surface area (Å²) in [5.41, 5.74) is 1.84. The van der Waals surface area contributed by atoms with Crippen LogP contribution in [-0.4, -0.2) is 37.6 Å². The molecule has 1 aliphatic heterocycles. The van der Waals surface area contributed by atoms with E-state index in [1.165, 1.54) is 25.1 Å². The third-order valence-corrected chi connectivity index (χ3v) is 3.83. The van der Waals surface area contributed by atoms with Gasteiger partial charge in [0.2, 0.25) is 0 Å². The van der Waals surface area contributed by atoms with Crippen molar-refractivity contribution in [1.29, 1.82) is 0 Å². The van der Waals surface area contributed by atoms with Gasteiger partial charge in [-0.05, 0) is 30.4 Å². The van der Waals surface area contributed by atoms with Crippen molar-refractivity contribution < 1.29 is 0 Å². The Kier molecular flexibility index (Phi) is 4.64. The maximum Gasteiger partial charge on any atom is 0.0201 e. The number of nitrogens with zero attached hydrogens (tertiary/aromatic N) is 1. The van der Waals surface area contributed by atoms with Crippen LogP contribution in [0.4, 0.5) is 0 Å². The van der Waals surface area contributed by atoms with Crippen molar-refractivity contribution in [2.24, 2.45) is 5.41 Å². The van der Waals surface area contributed by atoms with E-state index in [9.17, 15) is 0 Å². The molecule has 2 unspecified atom stereocenters. The van der Waals surface area contributed by atoms with Crippen LogP contribution in [0.25, 0.3) is 0 Å². The van der Waals surface area contributed by atoms with Gasteiger partial charge in [0.25, 0.3) is 0 Å². The summed E-state index contributed by atoms with van der Waals surface area (Å²) in [7, 11) is 2.24. The second-order valence-corrected chi connectivity index (χ2v) is 7.20. The summed E-state index contributed by atoms with van der Waals surface area (Å²) in [4.78, 5) is 2.46. The zero-order valence-electron chi connectivity index (χ0n) is 12.8. The van der Waals surface area contributed by atoms with E-state index in [0.717, 1.165) is 6.54 Å². The Hall–Kier alpha value is -0.860. The van der Waals surface area contributed by atoms with Gasteiger partial charge in [-0.1, -0.05) is 51.1 Å². The SMILES string of the molecule is CN1CC(NCC(C)(C)C)CC(c2ccccc2)C1. The molecule has 106 valence electrons.